The lowest BCUT2D eigenvalue weighted by Crippen LogP contribution is -2.11. The number of non-ortho nitro benzene ring substituents is 1. The zero-order chi connectivity index (χ0) is 15.9. The topological polar surface area (TPSA) is 132 Å². The summed E-state index contributed by atoms with van der Waals surface area (Å²) in [6, 6.07) is 10.2. The van der Waals surface area contributed by atoms with Crippen LogP contribution < -0.4 is 5.14 Å². The second-order valence-electron chi connectivity index (χ2n) is 4.61. The number of primary sulfonamides is 1. The van der Waals surface area contributed by atoms with Crippen LogP contribution in [0.1, 0.15) is 0 Å². The van der Waals surface area contributed by atoms with E-state index in [-0.39, 0.29) is 10.6 Å². The van der Waals surface area contributed by atoms with Crippen LogP contribution in [0.25, 0.3) is 22.4 Å². The van der Waals surface area contributed by atoms with E-state index in [0.29, 0.717) is 22.4 Å². The fourth-order valence-electron chi connectivity index (χ4n) is 2.05. The van der Waals surface area contributed by atoms with Crippen molar-refractivity contribution in [3.63, 3.8) is 0 Å². The van der Waals surface area contributed by atoms with Crippen LogP contribution in [0.4, 0.5) is 5.69 Å². The molecule has 0 aliphatic rings. The second-order valence-corrected chi connectivity index (χ2v) is 6.17. The summed E-state index contributed by atoms with van der Waals surface area (Å²) in [7, 11) is -3.75. The maximum absolute atomic E-state index is 11.2. The molecule has 2 aromatic carbocycles. The van der Waals surface area contributed by atoms with Crippen LogP contribution in [0.3, 0.4) is 0 Å². The number of rotatable bonds is 3. The van der Waals surface area contributed by atoms with Crippen molar-refractivity contribution in [2.45, 2.75) is 4.90 Å². The smallest absolute Gasteiger partial charge is 0.271 e. The molecule has 0 unspecified atom stereocenters. The first-order valence-electron chi connectivity index (χ1n) is 6.12. The predicted octanol–water partition coefficient (Wildman–Crippen LogP) is 1.79. The summed E-state index contributed by atoms with van der Waals surface area (Å²) in [5, 5.41) is 15.8. The molecule has 0 bridgehead atoms. The molecule has 0 radical (unpaired) electrons. The normalized spacial score (nSPS) is 11.7. The first kappa shape index (κ1) is 14.2. The van der Waals surface area contributed by atoms with Gasteiger partial charge in [0.1, 0.15) is 5.82 Å². The highest BCUT2D eigenvalue weighted by atomic mass is 32.2. The van der Waals surface area contributed by atoms with Crippen molar-refractivity contribution in [3.8, 4) is 11.4 Å². The van der Waals surface area contributed by atoms with Gasteiger partial charge < -0.3 is 4.98 Å². The zero-order valence-corrected chi connectivity index (χ0v) is 11.9. The number of aromatic amines is 1. The number of nitro groups is 1. The predicted molar refractivity (Wildman–Crippen MR) is 79.6 cm³/mol. The number of hydrogen-bond acceptors (Lipinski definition) is 5. The van der Waals surface area contributed by atoms with Crippen molar-refractivity contribution in [1.29, 1.82) is 0 Å². The van der Waals surface area contributed by atoms with Crippen molar-refractivity contribution in [2.24, 2.45) is 5.14 Å². The first-order chi connectivity index (χ1) is 10.3. The van der Waals surface area contributed by atoms with Gasteiger partial charge in [-0.15, -0.1) is 0 Å². The Morgan fingerprint density at radius 2 is 1.82 bits per heavy atom. The van der Waals surface area contributed by atoms with E-state index in [1.54, 1.807) is 18.2 Å². The monoisotopic (exact) mass is 318 g/mol. The Balaban J connectivity index is 2.05. The van der Waals surface area contributed by atoms with Crippen LogP contribution in [-0.4, -0.2) is 23.3 Å². The summed E-state index contributed by atoms with van der Waals surface area (Å²) in [5.74, 6) is 0.483. The number of sulfonamides is 1. The lowest BCUT2D eigenvalue weighted by Gasteiger charge is -1.99. The van der Waals surface area contributed by atoms with Crippen LogP contribution >= 0.6 is 0 Å². The molecule has 3 aromatic rings. The molecule has 0 spiro atoms. The van der Waals surface area contributed by atoms with Gasteiger partial charge in [-0.1, -0.05) is 0 Å². The molecule has 3 rings (SSSR count). The van der Waals surface area contributed by atoms with E-state index in [1.165, 1.54) is 24.3 Å². The third-order valence-electron chi connectivity index (χ3n) is 3.13. The van der Waals surface area contributed by atoms with Gasteiger partial charge in [0, 0.05) is 17.7 Å². The number of hydrogen-bond donors (Lipinski definition) is 2. The van der Waals surface area contributed by atoms with Gasteiger partial charge in [0.2, 0.25) is 10.0 Å². The molecule has 112 valence electrons. The molecule has 0 amide bonds. The standard InChI is InChI=1S/C13H10N4O4S/c14-22(20,21)10-4-1-8(2-5-10)13-15-11-6-3-9(17(18)19)7-12(11)16-13/h1-7H,(H,15,16)(H2,14,20,21). The van der Waals surface area contributed by atoms with Crippen LogP contribution in [0.15, 0.2) is 47.4 Å². The number of H-pyrrole nitrogens is 1. The maximum atomic E-state index is 11.2. The SMILES string of the molecule is NS(=O)(=O)c1ccc(-c2nc3ccc([N+](=O)[O-])cc3[nH]2)cc1. The van der Waals surface area contributed by atoms with Gasteiger partial charge in [0.15, 0.2) is 0 Å². The Labute approximate surface area is 124 Å². The third-order valence-corrected chi connectivity index (χ3v) is 4.06. The van der Waals surface area contributed by atoms with Crippen molar-refractivity contribution in [1.82, 2.24) is 9.97 Å². The van der Waals surface area contributed by atoms with Crippen LogP contribution in [0, 0.1) is 10.1 Å². The van der Waals surface area contributed by atoms with E-state index in [9.17, 15) is 18.5 Å². The van der Waals surface area contributed by atoms with Gasteiger partial charge in [0.25, 0.3) is 5.69 Å². The zero-order valence-electron chi connectivity index (χ0n) is 11.1. The highest BCUT2D eigenvalue weighted by Gasteiger charge is 2.12. The van der Waals surface area contributed by atoms with E-state index in [1.807, 2.05) is 0 Å². The number of imidazole rings is 1. The van der Waals surface area contributed by atoms with Gasteiger partial charge in [-0.25, -0.2) is 18.5 Å². The van der Waals surface area contributed by atoms with Gasteiger partial charge in [-0.3, -0.25) is 10.1 Å². The number of nitrogens with two attached hydrogens (primary N) is 1. The van der Waals surface area contributed by atoms with Crippen LogP contribution in [-0.2, 0) is 10.0 Å². The Kier molecular flexibility index (Phi) is 3.15. The summed E-state index contributed by atoms with van der Waals surface area (Å²) in [4.78, 5) is 17.6. The van der Waals surface area contributed by atoms with E-state index in [4.69, 9.17) is 5.14 Å². The summed E-state index contributed by atoms with van der Waals surface area (Å²) in [6.07, 6.45) is 0. The number of fused-ring (bicyclic) bond motifs is 1. The number of benzene rings is 2. The van der Waals surface area contributed by atoms with Gasteiger partial charge >= 0.3 is 0 Å². The summed E-state index contributed by atoms with van der Waals surface area (Å²) in [5.41, 5.74) is 1.72. The Morgan fingerprint density at radius 1 is 1.14 bits per heavy atom. The highest BCUT2D eigenvalue weighted by Crippen LogP contribution is 2.24. The molecule has 0 atom stereocenters. The highest BCUT2D eigenvalue weighted by molar-refractivity contribution is 7.89. The summed E-state index contributed by atoms with van der Waals surface area (Å²) >= 11 is 0. The van der Waals surface area contributed by atoms with Gasteiger partial charge in [-0.05, 0) is 30.3 Å². The maximum Gasteiger partial charge on any atom is 0.271 e. The molecule has 22 heavy (non-hydrogen) atoms. The molecule has 1 aromatic heterocycles. The molecule has 0 saturated heterocycles. The van der Waals surface area contributed by atoms with E-state index >= 15 is 0 Å². The molecule has 0 fully saturated rings. The van der Waals surface area contributed by atoms with Gasteiger partial charge in [-0.2, -0.15) is 0 Å². The molecule has 9 heteroatoms. The quantitative estimate of drug-likeness (QED) is 0.561. The molecular formula is C13H10N4O4S. The minimum Gasteiger partial charge on any atom is -0.338 e. The number of nitrogens with zero attached hydrogens (tertiary/aromatic N) is 2. The largest absolute Gasteiger partial charge is 0.338 e. The molecule has 0 aliphatic heterocycles. The molecule has 0 aliphatic carbocycles. The van der Waals surface area contributed by atoms with Crippen molar-refractivity contribution >= 4 is 26.7 Å². The minimum atomic E-state index is -3.75. The summed E-state index contributed by atoms with van der Waals surface area (Å²) < 4.78 is 22.4. The number of nitrogens with one attached hydrogen (secondary N) is 1. The molecule has 1 heterocycles. The van der Waals surface area contributed by atoms with Gasteiger partial charge in [0.05, 0.1) is 20.9 Å². The van der Waals surface area contributed by atoms with Crippen molar-refractivity contribution in [2.75, 3.05) is 0 Å². The molecule has 3 N–H and O–H groups in total. The Bertz CT molecular complexity index is 977. The van der Waals surface area contributed by atoms with Crippen LogP contribution in [0.2, 0.25) is 0 Å². The lowest BCUT2D eigenvalue weighted by molar-refractivity contribution is -0.384. The fraction of sp³-hybridized carbons (Fsp3) is 0. The second kappa shape index (κ2) is 4.90. The van der Waals surface area contributed by atoms with Crippen LogP contribution in [0.5, 0.6) is 0 Å². The van der Waals surface area contributed by atoms with Crippen molar-refractivity contribution < 1.29 is 13.3 Å². The average Bonchev–Trinajstić information content (AvgIpc) is 2.89. The van der Waals surface area contributed by atoms with E-state index < -0.39 is 14.9 Å². The third kappa shape index (κ3) is 2.54. The van der Waals surface area contributed by atoms with E-state index in [0.717, 1.165) is 0 Å². The first-order valence-corrected chi connectivity index (χ1v) is 7.66. The fourth-order valence-corrected chi connectivity index (χ4v) is 2.57. The Hall–Kier alpha value is -2.78. The number of nitro benzene ring substituents is 1. The number of aromatic nitrogens is 2. The molecular weight excluding hydrogens is 308 g/mol. The minimum absolute atomic E-state index is 0.00278. The summed E-state index contributed by atoms with van der Waals surface area (Å²) in [6.45, 7) is 0. The lowest BCUT2D eigenvalue weighted by atomic mass is 10.2. The van der Waals surface area contributed by atoms with E-state index in [2.05, 4.69) is 9.97 Å². The van der Waals surface area contributed by atoms with Crippen molar-refractivity contribution in [3.05, 3.63) is 52.6 Å². The molecule has 0 saturated carbocycles. The molecule has 8 nitrogen and oxygen atoms in total. The average molecular weight is 318 g/mol. The Morgan fingerprint density at radius 3 is 2.41 bits per heavy atom.